The van der Waals surface area contributed by atoms with Crippen molar-refractivity contribution in [1.29, 1.82) is 0 Å². The minimum atomic E-state index is -4.44. The normalized spacial score (nSPS) is 11.7. The topological polar surface area (TPSA) is 92.3 Å². The van der Waals surface area contributed by atoms with Gasteiger partial charge in [0.15, 0.2) is 5.78 Å². The van der Waals surface area contributed by atoms with Gasteiger partial charge in [-0.15, -0.1) is 0 Å². The van der Waals surface area contributed by atoms with Gasteiger partial charge in [0.2, 0.25) is 11.7 Å². The molecule has 0 spiro atoms. The predicted molar refractivity (Wildman–Crippen MR) is 112 cm³/mol. The van der Waals surface area contributed by atoms with Gasteiger partial charge in [0.25, 0.3) is 0 Å². The molecule has 0 radical (unpaired) electrons. The number of alkyl halides is 3. The van der Waals surface area contributed by atoms with Crippen molar-refractivity contribution in [1.82, 2.24) is 19.7 Å². The van der Waals surface area contributed by atoms with Crippen LogP contribution >= 0.6 is 0 Å². The molecule has 0 N–H and O–H groups in total. The second kappa shape index (κ2) is 8.57. The van der Waals surface area contributed by atoms with E-state index in [9.17, 15) is 18.0 Å². The zero-order valence-electron chi connectivity index (χ0n) is 17.9. The molecule has 8 nitrogen and oxygen atoms in total. The van der Waals surface area contributed by atoms with Gasteiger partial charge in [0.05, 0.1) is 37.4 Å². The van der Waals surface area contributed by atoms with Crippen molar-refractivity contribution in [3.05, 3.63) is 48.1 Å². The first kappa shape index (κ1) is 22.3. The maximum absolute atomic E-state index is 12.6. The van der Waals surface area contributed by atoms with Crippen LogP contribution in [0.5, 0.6) is 11.5 Å². The summed E-state index contributed by atoms with van der Waals surface area (Å²) in [7, 11) is 2.68. The number of ether oxygens (including phenoxy) is 2. The highest BCUT2D eigenvalue weighted by Gasteiger charge is 2.30. The fourth-order valence-electron chi connectivity index (χ4n) is 3.47. The first-order valence-electron chi connectivity index (χ1n) is 9.84. The monoisotopic (exact) mass is 460 g/mol. The molecule has 0 bridgehead atoms. The zero-order chi connectivity index (χ0) is 23.8. The molecule has 0 saturated carbocycles. The lowest BCUT2D eigenvalue weighted by Gasteiger charge is -2.16. The summed E-state index contributed by atoms with van der Waals surface area (Å²) in [6, 6.07) is 8.56. The van der Waals surface area contributed by atoms with E-state index < -0.39 is 24.8 Å². The second-order valence-corrected chi connectivity index (χ2v) is 7.22. The van der Waals surface area contributed by atoms with E-state index in [2.05, 4.69) is 15.1 Å². The number of rotatable bonds is 7. The van der Waals surface area contributed by atoms with Crippen molar-refractivity contribution < 1.29 is 32.0 Å². The van der Waals surface area contributed by atoms with Crippen LogP contribution in [0.2, 0.25) is 0 Å². The molecule has 0 aliphatic carbocycles. The Balaban J connectivity index is 1.74. The standard InChI is InChI=1S/C22H19F3N4O4/c1-12-27-21(28-33-12)13-4-5-16-15(8-13)26-11-29(16)14-9-18(31-2)20(19(10-14)32-3)17(30)6-7-22(23,24)25/h4-5,8-11H,6-7H2,1-3H3. The van der Waals surface area contributed by atoms with Crippen LogP contribution in [0, 0.1) is 6.92 Å². The number of halogens is 3. The largest absolute Gasteiger partial charge is 0.496 e. The van der Waals surface area contributed by atoms with Gasteiger partial charge in [0.1, 0.15) is 23.4 Å². The molecule has 0 aliphatic rings. The number of Topliss-reactive ketones (excluding diaryl/α,β-unsaturated/α-hetero) is 1. The molecule has 172 valence electrons. The van der Waals surface area contributed by atoms with Crippen LogP contribution < -0.4 is 9.47 Å². The van der Waals surface area contributed by atoms with Gasteiger partial charge in [-0.2, -0.15) is 18.2 Å². The van der Waals surface area contributed by atoms with Gasteiger partial charge in [-0.25, -0.2) is 4.98 Å². The lowest BCUT2D eigenvalue weighted by atomic mass is 10.0. The Bertz CT molecular complexity index is 1300. The number of imidazole rings is 1. The predicted octanol–water partition coefficient (Wildman–Crippen LogP) is 4.93. The number of fused-ring (bicyclic) bond motifs is 1. The van der Waals surface area contributed by atoms with Crippen molar-refractivity contribution in [2.24, 2.45) is 0 Å². The highest BCUT2D eigenvalue weighted by Crippen LogP contribution is 2.36. The molecule has 0 saturated heterocycles. The minimum Gasteiger partial charge on any atom is -0.496 e. The fraction of sp³-hybridized carbons (Fsp3) is 0.273. The van der Waals surface area contributed by atoms with E-state index in [1.165, 1.54) is 14.2 Å². The summed E-state index contributed by atoms with van der Waals surface area (Å²) in [5.74, 6) is 0.381. The number of nitrogens with zero attached hydrogens (tertiary/aromatic N) is 4. The molecular weight excluding hydrogens is 441 g/mol. The van der Waals surface area contributed by atoms with Crippen LogP contribution in [-0.2, 0) is 0 Å². The summed E-state index contributed by atoms with van der Waals surface area (Å²) < 4.78 is 55.2. The zero-order valence-corrected chi connectivity index (χ0v) is 17.9. The lowest BCUT2D eigenvalue weighted by molar-refractivity contribution is -0.133. The lowest BCUT2D eigenvalue weighted by Crippen LogP contribution is -2.13. The first-order chi connectivity index (χ1) is 15.7. The number of methoxy groups -OCH3 is 2. The Morgan fingerprint density at radius 2 is 1.82 bits per heavy atom. The van der Waals surface area contributed by atoms with Crippen molar-refractivity contribution in [3.8, 4) is 28.6 Å². The quantitative estimate of drug-likeness (QED) is 0.361. The molecule has 2 heterocycles. The maximum Gasteiger partial charge on any atom is 0.389 e. The molecule has 33 heavy (non-hydrogen) atoms. The Morgan fingerprint density at radius 1 is 1.12 bits per heavy atom. The van der Waals surface area contributed by atoms with Gasteiger partial charge >= 0.3 is 6.18 Å². The molecule has 11 heteroatoms. The molecule has 0 aliphatic heterocycles. The summed E-state index contributed by atoms with van der Waals surface area (Å²) in [6.07, 6.45) is -4.80. The molecular formula is C22H19F3N4O4. The molecule has 2 aromatic heterocycles. The van der Waals surface area contributed by atoms with Crippen LogP contribution in [0.1, 0.15) is 29.1 Å². The van der Waals surface area contributed by atoms with E-state index in [1.807, 2.05) is 12.1 Å². The Morgan fingerprint density at radius 3 is 2.39 bits per heavy atom. The Hall–Kier alpha value is -3.89. The van der Waals surface area contributed by atoms with E-state index in [-0.39, 0.29) is 17.1 Å². The SMILES string of the molecule is COc1cc(-n2cnc3cc(-c4noc(C)n4)ccc32)cc(OC)c1C(=O)CCC(F)(F)F. The number of ketones is 1. The Kier molecular flexibility index (Phi) is 5.79. The van der Waals surface area contributed by atoms with Crippen LogP contribution in [-0.4, -0.2) is 45.9 Å². The Labute approximate surface area is 185 Å². The highest BCUT2D eigenvalue weighted by molar-refractivity contribution is 6.02. The fourth-order valence-corrected chi connectivity index (χ4v) is 3.47. The second-order valence-electron chi connectivity index (χ2n) is 7.22. The number of hydrogen-bond acceptors (Lipinski definition) is 7. The molecule has 0 unspecified atom stereocenters. The minimum absolute atomic E-state index is 0.0350. The van der Waals surface area contributed by atoms with Crippen molar-refractivity contribution in [3.63, 3.8) is 0 Å². The molecule has 4 aromatic rings. The van der Waals surface area contributed by atoms with Crippen molar-refractivity contribution in [2.45, 2.75) is 25.9 Å². The van der Waals surface area contributed by atoms with E-state index >= 15 is 0 Å². The van der Waals surface area contributed by atoms with E-state index in [0.29, 0.717) is 22.9 Å². The first-order valence-corrected chi connectivity index (χ1v) is 9.84. The number of carbonyl (C=O) groups is 1. The summed E-state index contributed by atoms with van der Waals surface area (Å²) in [5.41, 5.74) is 2.64. The number of benzene rings is 2. The van der Waals surface area contributed by atoms with Crippen molar-refractivity contribution >= 4 is 16.8 Å². The van der Waals surface area contributed by atoms with Gasteiger partial charge in [0, 0.05) is 31.0 Å². The van der Waals surface area contributed by atoms with Crippen LogP contribution in [0.4, 0.5) is 13.2 Å². The van der Waals surface area contributed by atoms with Gasteiger partial charge in [-0.3, -0.25) is 9.36 Å². The molecule has 4 rings (SSSR count). The number of hydrogen-bond donors (Lipinski definition) is 0. The maximum atomic E-state index is 12.6. The average Bonchev–Trinajstić information content (AvgIpc) is 3.41. The van der Waals surface area contributed by atoms with Gasteiger partial charge in [-0.05, 0) is 18.2 Å². The third-order valence-electron chi connectivity index (χ3n) is 5.02. The van der Waals surface area contributed by atoms with E-state index in [4.69, 9.17) is 14.0 Å². The molecule has 0 amide bonds. The molecule has 0 atom stereocenters. The average molecular weight is 460 g/mol. The molecule has 0 fully saturated rings. The third kappa shape index (κ3) is 4.52. The van der Waals surface area contributed by atoms with E-state index in [0.717, 1.165) is 11.1 Å². The smallest absolute Gasteiger partial charge is 0.389 e. The van der Waals surface area contributed by atoms with Crippen LogP contribution in [0.25, 0.3) is 28.1 Å². The third-order valence-corrected chi connectivity index (χ3v) is 5.02. The number of carbonyl (C=O) groups excluding carboxylic acids is 1. The van der Waals surface area contributed by atoms with Gasteiger partial charge < -0.3 is 14.0 Å². The van der Waals surface area contributed by atoms with E-state index in [1.54, 1.807) is 36.0 Å². The summed E-state index contributed by atoms with van der Waals surface area (Å²) in [4.78, 5) is 21.2. The number of aryl methyl sites for hydroxylation is 1. The summed E-state index contributed by atoms with van der Waals surface area (Å²) in [5, 5.41) is 3.90. The van der Waals surface area contributed by atoms with Crippen molar-refractivity contribution in [2.75, 3.05) is 14.2 Å². The summed E-state index contributed by atoms with van der Waals surface area (Å²) >= 11 is 0. The molecule has 2 aromatic carbocycles. The van der Waals surface area contributed by atoms with Crippen LogP contribution in [0.15, 0.2) is 41.2 Å². The summed E-state index contributed by atoms with van der Waals surface area (Å²) in [6.45, 7) is 1.70. The number of aromatic nitrogens is 4. The van der Waals surface area contributed by atoms with Crippen LogP contribution in [0.3, 0.4) is 0 Å². The van der Waals surface area contributed by atoms with Gasteiger partial charge in [-0.1, -0.05) is 5.16 Å². The highest BCUT2D eigenvalue weighted by atomic mass is 19.4.